The smallest absolute Gasteiger partial charge is 0.326 e. The Bertz CT molecular complexity index is 437. The molecule has 0 unspecified atom stereocenters. The van der Waals surface area contributed by atoms with Crippen LogP contribution in [0.25, 0.3) is 0 Å². The molecule has 1 aliphatic heterocycles. The first-order valence-corrected chi connectivity index (χ1v) is 7.76. The van der Waals surface area contributed by atoms with Crippen molar-refractivity contribution in [1.29, 1.82) is 0 Å². The molecule has 0 spiro atoms. The van der Waals surface area contributed by atoms with Crippen LogP contribution in [0.15, 0.2) is 0 Å². The summed E-state index contributed by atoms with van der Waals surface area (Å²) in [6.07, 6.45) is 1.25. The molecule has 7 heteroatoms. The molecule has 126 valence electrons. The van der Waals surface area contributed by atoms with Gasteiger partial charge in [0, 0.05) is 6.54 Å². The molecular formula is C15H27N3O4. The third-order valence-electron chi connectivity index (χ3n) is 4.07. The van der Waals surface area contributed by atoms with Crippen LogP contribution >= 0.6 is 0 Å². The second-order valence-corrected chi connectivity index (χ2v) is 6.53. The zero-order valence-corrected chi connectivity index (χ0v) is 13.7. The molecule has 22 heavy (non-hydrogen) atoms. The second-order valence-electron chi connectivity index (χ2n) is 6.53. The van der Waals surface area contributed by atoms with Crippen molar-refractivity contribution < 1.29 is 19.5 Å². The van der Waals surface area contributed by atoms with Crippen LogP contribution in [0.5, 0.6) is 0 Å². The summed E-state index contributed by atoms with van der Waals surface area (Å²) in [5.74, 6) is -1.98. The minimum Gasteiger partial charge on any atom is -0.480 e. The van der Waals surface area contributed by atoms with E-state index in [4.69, 9.17) is 10.8 Å². The van der Waals surface area contributed by atoms with Gasteiger partial charge in [-0.25, -0.2) is 4.79 Å². The molecule has 1 aliphatic rings. The lowest BCUT2D eigenvalue weighted by molar-refractivity contribution is -0.145. The number of rotatable bonds is 6. The number of nitrogens with two attached hydrogens (primary N) is 1. The van der Waals surface area contributed by atoms with E-state index in [0.717, 1.165) is 0 Å². The maximum absolute atomic E-state index is 12.4. The number of hydrogen-bond donors (Lipinski definition) is 3. The van der Waals surface area contributed by atoms with Crippen LogP contribution in [-0.4, -0.2) is 52.5 Å². The topological polar surface area (TPSA) is 113 Å². The molecule has 0 aromatic heterocycles. The number of carboxylic acids is 1. The standard InChI is InChI=1S/C15H27N3O4/c1-8(2)11(16)14(20)18-7-5-6-10(18)13(19)17-12(9(3)4)15(21)22/h8-12H,5-7,16H2,1-4H3,(H,17,19)(H,21,22)/t10-,11-,12-/m0/s1. The first-order chi connectivity index (χ1) is 10.2. The Morgan fingerprint density at radius 1 is 1.18 bits per heavy atom. The number of amides is 2. The Hall–Kier alpha value is -1.63. The molecule has 0 aliphatic carbocycles. The average molecular weight is 313 g/mol. The lowest BCUT2D eigenvalue weighted by atomic mass is 10.0. The Morgan fingerprint density at radius 3 is 2.23 bits per heavy atom. The van der Waals surface area contributed by atoms with Crippen LogP contribution in [0.4, 0.5) is 0 Å². The van der Waals surface area contributed by atoms with Gasteiger partial charge in [-0.2, -0.15) is 0 Å². The molecule has 0 aromatic carbocycles. The Balaban J connectivity index is 2.79. The van der Waals surface area contributed by atoms with Crippen LogP contribution in [-0.2, 0) is 14.4 Å². The number of nitrogens with zero attached hydrogens (tertiary/aromatic N) is 1. The van der Waals surface area contributed by atoms with Gasteiger partial charge in [0.2, 0.25) is 11.8 Å². The van der Waals surface area contributed by atoms with E-state index in [1.54, 1.807) is 13.8 Å². The quantitative estimate of drug-likeness (QED) is 0.648. The van der Waals surface area contributed by atoms with Gasteiger partial charge in [0.05, 0.1) is 6.04 Å². The lowest BCUT2D eigenvalue weighted by Crippen LogP contribution is -2.55. The van der Waals surface area contributed by atoms with E-state index in [9.17, 15) is 14.4 Å². The van der Waals surface area contributed by atoms with Gasteiger partial charge in [-0.1, -0.05) is 27.7 Å². The van der Waals surface area contributed by atoms with Crippen molar-refractivity contribution in [3.8, 4) is 0 Å². The van der Waals surface area contributed by atoms with Crippen molar-refractivity contribution in [1.82, 2.24) is 10.2 Å². The number of carbonyl (C=O) groups excluding carboxylic acids is 2. The summed E-state index contributed by atoms with van der Waals surface area (Å²) in [6, 6.07) is -2.23. The lowest BCUT2D eigenvalue weighted by Gasteiger charge is -2.29. The largest absolute Gasteiger partial charge is 0.480 e. The van der Waals surface area contributed by atoms with E-state index in [1.807, 2.05) is 13.8 Å². The number of carbonyl (C=O) groups is 3. The minimum atomic E-state index is -1.07. The van der Waals surface area contributed by atoms with Crippen molar-refractivity contribution in [2.75, 3.05) is 6.54 Å². The van der Waals surface area contributed by atoms with E-state index >= 15 is 0 Å². The maximum atomic E-state index is 12.4. The molecule has 1 heterocycles. The second kappa shape index (κ2) is 7.58. The van der Waals surface area contributed by atoms with Gasteiger partial charge in [0.1, 0.15) is 12.1 Å². The van der Waals surface area contributed by atoms with Gasteiger partial charge in [0.15, 0.2) is 0 Å². The summed E-state index contributed by atoms with van der Waals surface area (Å²) >= 11 is 0. The van der Waals surface area contributed by atoms with Gasteiger partial charge >= 0.3 is 5.97 Å². The summed E-state index contributed by atoms with van der Waals surface area (Å²) in [4.78, 5) is 37.4. The molecule has 1 saturated heterocycles. The molecule has 0 aromatic rings. The molecule has 0 radical (unpaired) electrons. The molecule has 0 bridgehead atoms. The summed E-state index contributed by atoms with van der Waals surface area (Å²) < 4.78 is 0. The summed E-state index contributed by atoms with van der Waals surface area (Å²) in [5.41, 5.74) is 5.88. The third-order valence-corrected chi connectivity index (χ3v) is 4.07. The van der Waals surface area contributed by atoms with Crippen LogP contribution in [0.1, 0.15) is 40.5 Å². The highest BCUT2D eigenvalue weighted by Crippen LogP contribution is 2.20. The van der Waals surface area contributed by atoms with Gasteiger partial charge in [-0.05, 0) is 24.7 Å². The van der Waals surface area contributed by atoms with Gasteiger partial charge in [-0.3, -0.25) is 9.59 Å². The highest BCUT2D eigenvalue weighted by Gasteiger charge is 2.38. The molecule has 1 rings (SSSR count). The predicted octanol–water partition coefficient (Wildman–Crippen LogP) is 0.186. The Kier molecular flexibility index (Phi) is 6.34. The van der Waals surface area contributed by atoms with Crippen molar-refractivity contribution in [2.45, 2.75) is 58.7 Å². The summed E-state index contributed by atoms with van der Waals surface area (Å²) in [6.45, 7) is 7.65. The molecule has 4 N–H and O–H groups in total. The number of carboxylic acid groups (broad SMARTS) is 1. The predicted molar refractivity (Wildman–Crippen MR) is 82.0 cm³/mol. The van der Waals surface area contributed by atoms with Crippen molar-refractivity contribution >= 4 is 17.8 Å². The fourth-order valence-electron chi connectivity index (χ4n) is 2.54. The molecular weight excluding hydrogens is 286 g/mol. The van der Waals surface area contributed by atoms with E-state index in [0.29, 0.717) is 19.4 Å². The van der Waals surface area contributed by atoms with Crippen molar-refractivity contribution in [3.05, 3.63) is 0 Å². The monoisotopic (exact) mass is 313 g/mol. The van der Waals surface area contributed by atoms with Gasteiger partial charge < -0.3 is 21.1 Å². The summed E-state index contributed by atoms with van der Waals surface area (Å²) in [7, 11) is 0. The summed E-state index contributed by atoms with van der Waals surface area (Å²) in [5, 5.41) is 11.7. The Labute approximate surface area is 131 Å². The van der Waals surface area contributed by atoms with Crippen LogP contribution in [0.3, 0.4) is 0 Å². The average Bonchev–Trinajstić information content (AvgIpc) is 2.91. The van der Waals surface area contributed by atoms with E-state index in [-0.39, 0.29) is 17.7 Å². The first kappa shape index (κ1) is 18.4. The van der Waals surface area contributed by atoms with E-state index in [2.05, 4.69) is 5.32 Å². The highest BCUT2D eigenvalue weighted by molar-refractivity contribution is 5.92. The van der Waals surface area contributed by atoms with Gasteiger partial charge in [-0.15, -0.1) is 0 Å². The first-order valence-electron chi connectivity index (χ1n) is 7.76. The van der Waals surface area contributed by atoms with Crippen LogP contribution in [0, 0.1) is 11.8 Å². The van der Waals surface area contributed by atoms with Gasteiger partial charge in [0.25, 0.3) is 0 Å². The van der Waals surface area contributed by atoms with Crippen LogP contribution < -0.4 is 11.1 Å². The van der Waals surface area contributed by atoms with E-state index in [1.165, 1.54) is 4.90 Å². The SMILES string of the molecule is CC(C)[C@H](N)C(=O)N1CCC[C@H]1C(=O)N[C@H](C(=O)O)C(C)C. The molecule has 1 fully saturated rings. The number of likely N-dealkylation sites (tertiary alicyclic amines) is 1. The fourth-order valence-corrected chi connectivity index (χ4v) is 2.54. The molecule has 3 atom stereocenters. The maximum Gasteiger partial charge on any atom is 0.326 e. The number of nitrogens with one attached hydrogen (secondary N) is 1. The zero-order valence-electron chi connectivity index (χ0n) is 13.7. The number of aliphatic carboxylic acids is 1. The highest BCUT2D eigenvalue weighted by atomic mass is 16.4. The third kappa shape index (κ3) is 4.19. The van der Waals surface area contributed by atoms with Crippen molar-refractivity contribution in [2.24, 2.45) is 17.6 Å². The Morgan fingerprint density at radius 2 is 1.77 bits per heavy atom. The van der Waals surface area contributed by atoms with Crippen molar-refractivity contribution in [3.63, 3.8) is 0 Å². The normalized spacial score (nSPS) is 21.0. The molecule has 7 nitrogen and oxygen atoms in total. The zero-order chi connectivity index (χ0) is 17.0. The number of hydrogen-bond acceptors (Lipinski definition) is 4. The fraction of sp³-hybridized carbons (Fsp3) is 0.800. The van der Waals surface area contributed by atoms with E-state index < -0.39 is 30.0 Å². The van der Waals surface area contributed by atoms with Crippen LogP contribution in [0.2, 0.25) is 0 Å². The minimum absolute atomic E-state index is 0.0146. The molecule has 2 amide bonds. The molecule has 0 saturated carbocycles.